The van der Waals surface area contributed by atoms with Gasteiger partial charge in [-0.3, -0.25) is 0 Å². The molecular weight excluding hydrogens is 466 g/mol. The van der Waals surface area contributed by atoms with Crippen molar-refractivity contribution in [3.05, 3.63) is 76.1 Å². The molecule has 0 saturated carbocycles. The van der Waals surface area contributed by atoms with E-state index in [-0.39, 0.29) is 35.6 Å². The van der Waals surface area contributed by atoms with E-state index < -0.39 is 11.5 Å². The lowest BCUT2D eigenvalue weighted by molar-refractivity contribution is 0.207. The Morgan fingerprint density at radius 3 is 2.37 bits per heavy atom. The fourth-order valence-electron chi connectivity index (χ4n) is 4.79. The molecule has 0 aliphatic carbocycles. The van der Waals surface area contributed by atoms with Crippen molar-refractivity contribution in [1.29, 1.82) is 0 Å². The Morgan fingerprint density at radius 2 is 1.69 bits per heavy atom. The maximum absolute atomic E-state index is 13.3. The molecule has 2 atom stereocenters. The average Bonchev–Trinajstić information content (AvgIpc) is 2.85. The van der Waals surface area contributed by atoms with Gasteiger partial charge in [-0.05, 0) is 50.6 Å². The van der Waals surface area contributed by atoms with Crippen LogP contribution in [0.4, 0.5) is 0 Å². The molecule has 2 aromatic carbocycles. The predicted octanol–water partition coefficient (Wildman–Crippen LogP) is 3.80. The summed E-state index contributed by atoms with van der Waals surface area (Å²) in [4.78, 5) is 15.7. The highest BCUT2D eigenvalue weighted by Crippen LogP contribution is 2.39. The molecular formula is C26H32ClN5O3. The molecule has 2 unspecified atom stereocenters. The van der Waals surface area contributed by atoms with E-state index >= 15 is 0 Å². The number of nitrogens with zero attached hydrogens (tertiary/aromatic N) is 3. The van der Waals surface area contributed by atoms with E-state index in [4.69, 9.17) is 15.9 Å². The zero-order chi connectivity index (χ0) is 24.1. The number of guanidine groups is 1. The van der Waals surface area contributed by atoms with Crippen molar-refractivity contribution >= 4 is 35.0 Å². The van der Waals surface area contributed by atoms with Gasteiger partial charge in [0.2, 0.25) is 5.96 Å². The number of piperidine rings is 1. The summed E-state index contributed by atoms with van der Waals surface area (Å²) in [7, 11) is 0. The number of benzene rings is 2. The van der Waals surface area contributed by atoms with E-state index in [1.165, 1.54) is 6.42 Å². The largest absolute Gasteiger partial charge is 0.507 e. The van der Waals surface area contributed by atoms with E-state index in [1.807, 2.05) is 37.3 Å². The maximum atomic E-state index is 13.3. The summed E-state index contributed by atoms with van der Waals surface area (Å²) in [5.74, 6) is -1.00. The number of aromatic hydroxyl groups is 1. The summed E-state index contributed by atoms with van der Waals surface area (Å²) in [6.45, 7) is 4.43. The van der Waals surface area contributed by atoms with Crippen molar-refractivity contribution < 1.29 is 9.52 Å². The van der Waals surface area contributed by atoms with Crippen LogP contribution in [0.1, 0.15) is 43.2 Å². The molecule has 0 radical (unpaired) electrons. The molecule has 2 heterocycles. The van der Waals surface area contributed by atoms with Gasteiger partial charge in [-0.1, -0.05) is 48.9 Å². The highest BCUT2D eigenvalue weighted by atomic mass is 35.5. The number of halogens is 1. The highest BCUT2D eigenvalue weighted by molar-refractivity contribution is 5.89. The second-order valence-corrected chi connectivity index (χ2v) is 8.77. The molecule has 5 N–H and O–H groups in total. The minimum atomic E-state index is -0.566. The Bertz CT molecular complexity index is 1250. The fourth-order valence-corrected chi connectivity index (χ4v) is 4.79. The zero-order valence-electron chi connectivity index (χ0n) is 19.8. The molecule has 3 aromatic rings. The van der Waals surface area contributed by atoms with Crippen molar-refractivity contribution in [2.24, 2.45) is 27.6 Å². The van der Waals surface area contributed by atoms with Crippen molar-refractivity contribution in [3.63, 3.8) is 0 Å². The second kappa shape index (κ2) is 11.9. The number of fused-ring (bicyclic) bond motifs is 1. The van der Waals surface area contributed by atoms with Gasteiger partial charge < -0.3 is 25.9 Å². The minimum Gasteiger partial charge on any atom is -0.507 e. The van der Waals surface area contributed by atoms with Crippen LogP contribution in [-0.4, -0.2) is 41.3 Å². The van der Waals surface area contributed by atoms with Gasteiger partial charge in [0, 0.05) is 24.1 Å². The van der Waals surface area contributed by atoms with Gasteiger partial charge in [0.05, 0.1) is 10.9 Å². The molecule has 35 heavy (non-hydrogen) atoms. The van der Waals surface area contributed by atoms with Gasteiger partial charge in [0.15, 0.2) is 0 Å². The Kier molecular flexibility index (Phi) is 8.89. The molecule has 1 saturated heterocycles. The van der Waals surface area contributed by atoms with Crippen molar-refractivity contribution in [3.8, 4) is 5.75 Å². The van der Waals surface area contributed by atoms with E-state index in [0.29, 0.717) is 23.2 Å². The predicted molar refractivity (Wildman–Crippen MR) is 142 cm³/mol. The number of rotatable bonds is 7. The molecule has 8 nitrogen and oxygen atoms in total. The SMILES string of the molecule is C/C(=N\N=C(N)N)C(CN1CCCCC1)C(c1ccccc1)c1c(O)c2ccccc2oc1=O.Cl. The fraction of sp³-hybridized carbons (Fsp3) is 0.346. The summed E-state index contributed by atoms with van der Waals surface area (Å²) in [6, 6.07) is 16.7. The average molecular weight is 498 g/mol. The third-order valence-corrected chi connectivity index (χ3v) is 6.46. The number of hydrogen-bond acceptors (Lipinski definition) is 6. The first kappa shape index (κ1) is 26.2. The molecule has 0 bridgehead atoms. The van der Waals surface area contributed by atoms with Gasteiger partial charge in [0.1, 0.15) is 11.3 Å². The van der Waals surface area contributed by atoms with Crippen LogP contribution in [0.5, 0.6) is 5.75 Å². The van der Waals surface area contributed by atoms with Crippen LogP contribution < -0.4 is 17.1 Å². The number of hydrogen-bond donors (Lipinski definition) is 3. The standard InChI is InChI=1S/C26H31N5O3.ClH/c1-17(29-30-26(27)28)20(16-31-14-8-3-9-15-31)22(18-10-4-2-5-11-18)23-24(32)19-12-6-7-13-21(19)34-25(23)33;/h2,4-7,10-13,20,22,32H,3,8-9,14-16H2,1H3,(H4,27,28,30);1H/b29-17+;. The van der Waals surface area contributed by atoms with Crippen molar-refractivity contribution in [1.82, 2.24) is 4.90 Å². The first-order valence-corrected chi connectivity index (χ1v) is 11.6. The molecule has 1 aliphatic heterocycles. The van der Waals surface area contributed by atoms with E-state index in [0.717, 1.165) is 31.5 Å². The summed E-state index contributed by atoms with van der Waals surface area (Å²) >= 11 is 0. The third-order valence-electron chi connectivity index (χ3n) is 6.46. The first-order valence-electron chi connectivity index (χ1n) is 11.6. The Hall–Kier alpha value is -3.36. The topological polar surface area (TPSA) is 130 Å². The van der Waals surface area contributed by atoms with E-state index in [9.17, 15) is 9.90 Å². The second-order valence-electron chi connectivity index (χ2n) is 8.77. The quantitative estimate of drug-likeness (QED) is 0.197. The van der Waals surface area contributed by atoms with Gasteiger partial charge in [-0.15, -0.1) is 17.5 Å². The Labute approximate surface area is 210 Å². The lowest BCUT2D eigenvalue weighted by atomic mass is 9.78. The van der Waals surface area contributed by atoms with E-state index in [2.05, 4.69) is 15.1 Å². The monoisotopic (exact) mass is 497 g/mol. The maximum Gasteiger partial charge on any atom is 0.343 e. The molecule has 1 aromatic heterocycles. The van der Waals surface area contributed by atoms with Gasteiger partial charge in [0.25, 0.3) is 0 Å². The van der Waals surface area contributed by atoms with Crippen LogP contribution in [0.3, 0.4) is 0 Å². The van der Waals surface area contributed by atoms with Crippen LogP contribution >= 0.6 is 12.4 Å². The van der Waals surface area contributed by atoms with Gasteiger partial charge in [-0.2, -0.15) is 5.10 Å². The van der Waals surface area contributed by atoms with Crippen LogP contribution in [0.25, 0.3) is 11.0 Å². The normalized spacial score (nSPS) is 16.3. The summed E-state index contributed by atoms with van der Waals surface area (Å²) < 4.78 is 5.66. The van der Waals surface area contributed by atoms with Crippen LogP contribution in [0.15, 0.2) is 74.0 Å². The van der Waals surface area contributed by atoms with Crippen molar-refractivity contribution in [2.45, 2.75) is 32.1 Å². The Balaban J connectivity index is 0.00000342. The summed E-state index contributed by atoms with van der Waals surface area (Å²) in [5, 5.41) is 20.0. The molecule has 0 amide bonds. The smallest absolute Gasteiger partial charge is 0.343 e. The summed E-state index contributed by atoms with van der Waals surface area (Å²) in [6.07, 6.45) is 3.45. The molecule has 9 heteroatoms. The third kappa shape index (κ3) is 6.01. The first-order chi connectivity index (χ1) is 16.5. The molecule has 1 aliphatic rings. The lowest BCUT2D eigenvalue weighted by Gasteiger charge is -2.34. The molecule has 1 fully saturated rings. The van der Waals surface area contributed by atoms with Crippen LogP contribution in [0.2, 0.25) is 0 Å². The van der Waals surface area contributed by atoms with Crippen LogP contribution in [0, 0.1) is 5.92 Å². The zero-order valence-corrected chi connectivity index (χ0v) is 20.6. The number of likely N-dealkylation sites (tertiary alicyclic amines) is 1. The molecule has 186 valence electrons. The number of para-hydroxylation sites is 1. The molecule has 4 rings (SSSR count). The van der Waals surface area contributed by atoms with Gasteiger partial charge in [-0.25, -0.2) is 4.79 Å². The Morgan fingerprint density at radius 1 is 1.03 bits per heavy atom. The highest BCUT2D eigenvalue weighted by Gasteiger charge is 2.35. The summed E-state index contributed by atoms with van der Waals surface area (Å²) in [5.41, 5.74) is 12.6. The van der Waals surface area contributed by atoms with E-state index in [1.54, 1.807) is 24.3 Å². The molecule has 0 spiro atoms. The van der Waals surface area contributed by atoms with Crippen molar-refractivity contribution in [2.75, 3.05) is 19.6 Å². The lowest BCUT2D eigenvalue weighted by Crippen LogP contribution is -2.40. The van der Waals surface area contributed by atoms with Crippen LogP contribution in [-0.2, 0) is 0 Å². The number of nitrogens with two attached hydrogens (primary N) is 2. The van der Waals surface area contributed by atoms with Gasteiger partial charge >= 0.3 is 5.63 Å². The minimum absolute atomic E-state index is 0.